The van der Waals surface area contributed by atoms with Gasteiger partial charge < -0.3 is 34.5 Å². The molecular formula is C33H43ClN4O9. The number of benzene rings is 1. The Kier molecular flexibility index (Phi) is 11.2. The van der Waals surface area contributed by atoms with Gasteiger partial charge >= 0.3 is 18.0 Å². The fourth-order valence-electron chi connectivity index (χ4n) is 5.70. The molecule has 2 N–H and O–H groups in total. The maximum atomic E-state index is 14.3. The van der Waals surface area contributed by atoms with Crippen LogP contribution in [0.1, 0.15) is 88.7 Å². The second-order valence-corrected chi connectivity index (χ2v) is 13.0. The van der Waals surface area contributed by atoms with Gasteiger partial charge in [0.25, 0.3) is 5.91 Å². The van der Waals surface area contributed by atoms with Crippen molar-refractivity contribution in [2.24, 2.45) is 5.73 Å². The predicted octanol–water partition coefficient (Wildman–Crippen LogP) is 4.36. The maximum Gasteiger partial charge on any atom is 0.409 e. The summed E-state index contributed by atoms with van der Waals surface area (Å²) in [5.41, 5.74) is 4.00. The molecule has 2 fully saturated rings. The minimum Gasteiger partial charge on any atom is -0.474 e. The first-order valence-corrected chi connectivity index (χ1v) is 16.3. The number of rotatable bonds is 11. The topological polar surface area (TPSA) is 168 Å². The molecule has 3 amide bonds. The van der Waals surface area contributed by atoms with Crippen LogP contribution in [0.2, 0.25) is 5.02 Å². The third-order valence-corrected chi connectivity index (χ3v) is 8.32. The van der Waals surface area contributed by atoms with Crippen molar-refractivity contribution in [1.82, 2.24) is 14.8 Å². The molecule has 14 heteroatoms. The summed E-state index contributed by atoms with van der Waals surface area (Å²) in [7, 11) is 0. The Balaban J connectivity index is 1.82. The zero-order valence-electron chi connectivity index (χ0n) is 27.6. The lowest BCUT2D eigenvalue weighted by Crippen LogP contribution is -2.52. The van der Waals surface area contributed by atoms with Crippen molar-refractivity contribution in [3.63, 3.8) is 0 Å². The van der Waals surface area contributed by atoms with Crippen LogP contribution in [0.15, 0.2) is 18.2 Å². The highest BCUT2D eigenvalue weighted by molar-refractivity contribution is 6.31. The van der Waals surface area contributed by atoms with Gasteiger partial charge in [-0.1, -0.05) is 11.6 Å². The highest BCUT2D eigenvalue weighted by Crippen LogP contribution is 2.44. The van der Waals surface area contributed by atoms with E-state index in [0.29, 0.717) is 35.2 Å². The van der Waals surface area contributed by atoms with Crippen LogP contribution < -0.4 is 10.5 Å². The molecule has 1 saturated heterocycles. The molecule has 4 rings (SSSR count). The number of hydrogen-bond acceptors (Lipinski definition) is 10. The summed E-state index contributed by atoms with van der Waals surface area (Å²) in [6.45, 7) is 9.78. The average Bonchev–Trinajstić information content (AvgIpc) is 2.97. The summed E-state index contributed by atoms with van der Waals surface area (Å²) >= 11 is 6.35. The number of carbonyl (C=O) groups excluding carboxylic acids is 5. The number of amides is 3. The zero-order chi connectivity index (χ0) is 34.5. The van der Waals surface area contributed by atoms with Gasteiger partial charge in [0.2, 0.25) is 11.5 Å². The number of nitrogens with zero attached hydrogens (tertiary/aromatic N) is 3. The van der Waals surface area contributed by atoms with E-state index >= 15 is 0 Å². The van der Waals surface area contributed by atoms with Gasteiger partial charge in [0.15, 0.2) is 0 Å². The Labute approximate surface area is 279 Å². The van der Waals surface area contributed by atoms with Crippen molar-refractivity contribution in [2.45, 2.75) is 83.8 Å². The third-order valence-electron chi connectivity index (χ3n) is 8.08. The van der Waals surface area contributed by atoms with Crippen LogP contribution in [0.3, 0.4) is 0 Å². The molecule has 256 valence electrons. The SMILES string of the molecule is CCOC(=O)N1CCN(C(=O)C(CCC(=O)OC(C)(C)C)c2nc3cc(Cl)ccc3c(OC3(C(=O)OCC)CCC3)c2C(N)=O)CC1. The van der Waals surface area contributed by atoms with E-state index in [2.05, 4.69) is 0 Å². The molecule has 0 radical (unpaired) electrons. The van der Waals surface area contributed by atoms with E-state index in [-0.39, 0.29) is 69.2 Å². The number of carbonyl (C=O) groups is 5. The maximum absolute atomic E-state index is 14.3. The van der Waals surface area contributed by atoms with Gasteiger partial charge in [0.1, 0.15) is 16.9 Å². The summed E-state index contributed by atoms with van der Waals surface area (Å²) in [6, 6.07) is 4.76. The average molecular weight is 675 g/mol. The number of ether oxygens (including phenoxy) is 4. The number of primary amides is 1. The van der Waals surface area contributed by atoms with E-state index in [1.807, 2.05) is 0 Å². The number of hydrogen-bond donors (Lipinski definition) is 1. The van der Waals surface area contributed by atoms with Crippen LogP contribution >= 0.6 is 11.6 Å². The smallest absolute Gasteiger partial charge is 0.409 e. The molecule has 13 nitrogen and oxygen atoms in total. The summed E-state index contributed by atoms with van der Waals surface area (Å²) in [6.07, 6.45) is 0.672. The first-order chi connectivity index (χ1) is 22.2. The molecule has 1 atom stereocenters. The van der Waals surface area contributed by atoms with Gasteiger partial charge in [-0.25, -0.2) is 9.59 Å². The Bertz CT molecular complexity index is 1530. The van der Waals surface area contributed by atoms with Crippen molar-refractivity contribution in [2.75, 3.05) is 39.4 Å². The molecule has 2 heterocycles. The van der Waals surface area contributed by atoms with E-state index in [0.717, 1.165) is 0 Å². The molecule has 47 heavy (non-hydrogen) atoms. The molecule has 2 aliphatic rings. The van der Waals surface area contributed by atoms with Crippen LogP contribution in [-0.4, -0.2) is 95.2 Å². The second kappa shape index (κ2) is 14.7. The van der Waals surface area contributed by atoms with Crippen LogP contribution in [0.25, 0.3) is 10.9 Å². The Morgan fingerprint density at radius 3 is 2.19 bits per heavy atom. The minimum atomic E-state index is -1.36. The lowest BCUT2D eigenvalue weighted by Gasteiger charge is -2.40. The number of piperazine rings is 1. The fraction of sp³-hybridized carbons (Fsp3) is 0.576. The number of pyridine rings is 1. The molecule has 0 spiro atoms. The van der Waals surface area contributed by atoms with Gasteiger partial charge in [-0.05, 0) is 78.5 Å². The standard InChI is InChI=1S/C33H43ClN4O9/c1-6-44-30(42)33(13-8-14-33)47-27-21-10-9-20(34)19-23(21)36-26(25(27)28(35)40)22(11-12-24(39)46-32(3,4)5)29(41)37-15-17-38(18-16-37)31(43)45-7-2/h9-10,19,22H,6-8,11-18H2,1-5H3,(H2,35,40). The molecule has 0 bridgehead atoms. The Hall–Kier alpha value is -4.13. The fourth-order valence-corrected chi connectivity index (χ4v) is 5.87. The summed E-state index contributed by atoms with van der Waals surface area (Å²) in [4.78, 5) is 73.8. The van der Waals surface area contributed by atoms with Crippen molar-refractivity contribution >= 4 is 52.4 Å². The van der Waals surface area contributed by atoms with Crippen LogP contribution in [0.4, 0.5) is 4.79 Å². The largest absolute Gasteiger partial charge is 0.474 e. The molecule has 1 saturated carbocycles. The molecule has 1 unspecified atom stereocenters. The normalized spacial score (nSPS) is 16.6. The van der Waals surface area contributed by atoms with Crippen LogP contribution in [-0.2, 0) is 28.6 Å². The molecule has 2 aromatic rings. The molecular weight excluding hydrogens is 632 g/mol. The van der Waals surface area contributed by atoms with Crippen molar-refractivity contribution in [3.05, 3.63) is 34.5 Å². The number of fused-ring (bicyclic) bond motifs is 1. The minimum absolute atomic E-state index is 0.0101. The van der Waals surface area contributed by atoms with Crippen molar-refractivity contribution in [3.8, 4) is 5.75 Å². The Morgan fingerprint density at radius 1 is 1.00 bits per heavy atom. The number of esters is 2. The van der Waals surface area contributed by atoms with Gasteiger partial charge in [-0.2, -0.15) is 0 Å². The van der Waals surface area contributed by atoms with Crippen molar-refractivity contribution in [1.29, 1.82) is 0 Å². The highest BCUT2D eigenvalue weighted by atomic mass is 35.5. The summed E-state index contributed by atoms with van der Waals surface area (Å²) in [5.74, 6) is -3.63. The quantitative estimate of drug-likeness (QED) is 0.267. The lowest BCUT2D eigenvalue weighted by atomic mass is 9.79. The van der Waals surface area contributed by atoms with E-state index in [9.17, 15) is 24.0 Å². The predicted molar refractivity (Wildman–Crippen MR) is 172 cm³/mol. The van der Waals surface area contributed by atoms with E-state index in [1.165, 1.54) is 4.90 Å². The van der Waals surface area contributed by atoms with Gasteiger partial charge in [-0.15, -0.1) is 0 Å². The van der Waals surface area contributed by atoms with Crippen LogP contribution in [0, 0.1) is 0 Å². The van der Waals surface area contributed by atoms with Gasteiger partial charge in [-0.3, -0.25) is 19.4 Å². The first-order valence-electron chi connectivity index (χ1n) is 15.9. The summed E-state index contributed by atoms with van der Waals surface area (Å²) < 4.78 is 22.4. The van der Waals surface area contributed by atoms with E-state index in [1.54, 1.807) is 57.7 Å². The molecule has 1 aliphatic heterocycles. The second-order valence-electron chi connectivity index (χ2n) is 12.6. The molecule has 1 aromatic heterocycles. The first kappa shape index (κ1) is 35.7. The number of aromatic nitrogens is 1. The number of nitrogens with two attached hydrogens (primary N) is 1. The van der Waals surface area contributed by atoms with Crippen molar-refractivity contribution < 1.29 is 42.9 Å². The third kappa shape index (κ3) is 8.24. The van der Waals surface area contributed by atoms with Gasteiger partial charge in [0.05, 0.1) is 30.3 Å². The van der Waals surface area contributed by atoms with E-state index in [4.69, 9.17) is 41.3 Å². The number of halogens is 1. The highest BCUT2D eigenvalue weighted by Gasteiger charge is 2.49. The van der Waals surface area contributed by atoms with E-state index < -0.39 is 47.0 Å². The lowest BCUT2D eigenvalue weighted by molar-refractivity contribution is -0.169. The molecule has 1 aliphatic carbocycles. The zero-order valence-corrected chi connectivity index (χ0v) is 28.3. The Morgan fingerprint density at radius 2 is 1.64 bits per heavy atom. The summed E-state index contributed by atoms with van der Waals surface area (Å²) in [5, 5.41) is 0.702. The van der Waals surface area contributed by atoms with Gasteiger partial charge in [0, 0.05) is 43.0 Å². The molecule has 1 aromatic carbocycles. The monoisotopic (exact) mass is 674 g/mol. The van der Waals surface area contributed by atoms with Crippen LogP contribution in [0.5, 0.6) is 5.75 Å².